The van der Waals surface area contributed by atoms with Crippen LogP contribution in [0.1, 0.15) is 41.4 Å². The Bertz CT molecular complexity index is 1740. The molecule has 5 aromatic carbocycles. The molecule has 0 atom stereocenters. The summed E-state index contributed by atoms with van der Waals surface area (Å²) in [6, 6.07) is 30.0. The van der Waals surface area contributed by atoms with Crippen LogP contribution in [-0.4, -0.2) is 44.3 Å². The quantitative estimate of drug-likeness (QED) is 0.157. The Hall–Kier alpha value is -6.02. The highest BCUT2D eigenvalue weighted by Crippen LogP contribution is 2.34. The fourth-order valence-corrected chi connectivity index (χ4v) is 4.63. The molecule has 8 nitrogen and oxygen atoms in total. The van der Waals surface area contributed by atoms with Crippen molar-refractivity contribution < 1.29 is 39.6 Å². The van der Waals surface area contributed by atoms with Gasteiger partial charge in [0.25, 0.3) is 0 Å². The lowest BCUT2D eigenvalue weighted by atomic mass is 9.92. The average molecular weight is 559 g/mol. The lowest BCUT2D eigenvalue weighted by molar-refractivity contribution is 0.0680. The molecule has 0 spiro atoms. The molecule has 5 rings (SSSR count). The first-order chi connectivity index (χ1) is 20.1. The van der Waals surface area contributed by atoms with Crippen molar-refractivity contribution in [3.05, 3.63) is 131 Å². The lowest BCUT2D eigenvalue weighted by Crippen LogP contribution is -2.03. The molecule has 0 aliphatic carbocycles. The van der Waals surface area contributed by atoms with Crippen molar-refractivity contribution >= 4 is 23.9 Å². The second kappa shape index (κ2) is 11.2. The monoisotopic (exact) mass is 558 g/mol. The summed E-state index contributed by atoms with van der Waals surface area (Å²) in [4.78, 5) is 45.8. The summed E-state index contributed by atoms with van der Waals surface area (Å²) >= 11 is 0. The van der Waals surface area contributed by atoms with Crippen LogP contribution in [0.25, 0.3) is 44.5 Å². The van der Waals surface area contributed by atoms with E-state index in [4.69, 9.17) is 0 Å². The van der Waals surface area contributed by atoms with Crippen LogP contribution in [0.4, 0.5) is 0 Å². The number of carboxylic acids is 4. The first kappa shape index (κ1) is 27.5. The van der Waals surface area contributed by atoms with Gasteiger partial charge in [-0.1, -0.05) is 48.5 Å². The zero-order valence-corrected chi connectivity index (χ0v) is 21.8. The van der Waals surface area contributed by atoms with Crippen LogP contribution < -0.4 is 0 Å². The van der Waals surface area contributed by atoms with Crippen LogP contribution in [0.5, 0.6) is 0 Å². The molecule has 42 heavy (non-hydrogen) atoms. The molecule has 0 heterocycles. The Kier molecular flexibility index (Phi) is 7.36. The third-order valence-electron chi connectivity index (χ3n) is 6.84. The standard InChI is InChI=1S/C34H22O8/c35-31(36)23-9-5-21(6-10-23)26-13-25(14-27(15-26)22-7-11-24(12-8-22)32(37)38)19-1-3-20(4-2-19)28-16-29(33(39)40)18-30(17-28)34(41)42/h1-18H,(H,35,36)(H,37,38)(H,39,40)(H,41,42). The van der Waals surface area contributed by atoms with E-state index in [9.17, 15) is 39.6 Å². The molecule has 0 radical (unpaired) electrons. The Morgan fingerprint density at radius 1 is 0.286 bits per heavy atom. The summed E-state index contributed by atoms with van der Waals surface area (Å²) in [6.45, 7) is 0. The second-order valence-corrected chi connectivity index (χ2v) is 9.55. The first-order valence-electron chi connectivity index (χ1n) is 12.6. The minimum Gasteiger partial charge on any atom is -0.478 e. The summed E-state index contributed by atoms with van der Waals surface area (Å²) in [5.74, 6) is -4.51. The minimum absolute atomic E-state index is 0.130. The van der Waals surface area contributed by atoms with Crippen LogP contribution in [-0.2, 0) is 0 Å². The molecule has 4 N–H and O–H groups in total. The molecule has 206 valence electrons. The van der Waals surface area contributed by atoms with Gasteiger partial charge in [0, 0.05) is 0 Å². The van der Waals surface area contributed by atoms with Gasteiger partial charge in [0.2, 0.25) is 0 Å². The van der Waals surface area contributed by atoms with Crippen molar-refractivity contribution in [1.29, 1.82) is 0 Å². The zero-order chi connectivity index (χ0) is 30.0. The molecule has 0 aliphatic rings. The zero-order valence-electron chi connectivity index (χ0n) is 21.8. The molecule has 0 aliphatic heterocycles. The molecule has 0 amide bonds. The van der Waals surface area contributed by atoms with Crippen LogP contribution in [0.3, 0.4) is 0 Å². The molecular formula is C34H22O8. The van der Waals surface area contributed by atoms with Crippen LogP contribution in [0.2, 0.25) is 0 Å². The maximum absolute atomic E-state index is 11.5. The van der Waals surface area contributed by atoms with Crippen molar-refractivity contribution in [2.45, 2.75) is 0 Å². The van der Waals surface area contributed by atoms with Gasteiger partial charge in [-0.25, -0.2) is 19.2 Å². The highest BCUT2D eigenvalue weighted by molar-refractivity contribution is 5.96. The van der Waals surface area contributed by atoms with E-state index < -0.39 is 23.9 Å². The Labute approximate surface area is 239 Å². The molecular weight excluding hydrogens is 536 g/mol. The van der Waals surface area contributed by atoms with E-state index in [-0.39, 0.29) is 22.3 Å². The van der Waals surface area contributed by atoms with Crippen molar-refractivity contribution in [3.8, 4) is 44.5 Å². The SMILES string of the molecule is O=C(O)c1ccc(-c2cc(-c3ccc(C(=O)O)cc3)cc(-c3ccc(-c4cc(C(=O)O)cc(C(=O)O)c4)cc3)c2)cc1. The van der Waals surface area contributed by atoms with Crippen molar-refractivity contribution in [3.63, 3.8) is 0 Å². The first-order valence-corrected chi connectivity index (χ1v) is 12.6. The summed E-state index contributed by atoms with van der Waals surface area (Å²) in [6.07, 6.45) is 0. The lowest BCUT2D eigenvalue weighted by Gasteiger charge is -2.13. The normalized spacial score (nSPS) is 10.7. The van der Waals surface area contributed by atoms with Gasteiger partial charge in [0.05, 0.1) is 22.3 Å². The van der Waals surface area contributed by atoms with Crippen molar-refractivity contribution in [1.82, 2.24) is 0 Å². The summed E-state index contributed by atoms with van der Waals surface area (Å²) < 4.78 is 0. The van der Waals surface area contributed by atoms with E-state index in [0.717, 1.165) is 39.4 Å². The number of aromatic carboxylic acids is 4. The van der Waals surface area contributed by atoms with Gasteiger partial charge in [-0.05, 0) is 105 Å². The number of hydrogen-bond donors (Lipinski definition) is 4. The number of rotatable bonds is 8. The molecule has 0 fully saturated rings. The number of benzene rings is 5. The van der Waals surface area contributed by atoms with Crippen LogP contribution in [0.15, 0.2) is 109 Å². The molecule has 8 heteroatoms. The Morgan fingerprint density at radius 2 is 0.524 bits per heavy atom. The van der Waals surface area contributed by atoms with Crippen molar-refractivity contribution in [2.75, 3.05) is 0 Å². The largest absolute Gasteiger partial charge is 0.478 e. The predicted molar refractivity (Wildman–Crippen MR) is 156 cm³/mol. The summed E-state index contributed by atoms with van der Waals surface area (Å²) in [7, 11) is 0. The Morgan fingerprint density at radius 3 is 0.786 bits per heavy atom. The van der Waals surface area contributed by atoms with Crippen molar-refractivity contribution in [2.24, 2.45) is 0 Å². The number of carbonyl (C=O) groups is 4. The molecule has 0 unspecified atom stereocenters. The summed E-state index contributed by atoms with van der Waals surface area (Å²) in [5, 5.41) is 37.4. The van der Waals surface area contributed by atoms with Gasteiger partial charge in [-0.3, -0.25) is 0 Å². The maximum atomic E-state index is 11.5. The highest BCUT2D eigenvalue weighted by Gasteiger charge is 2.14. The fraction of sp³-hybridized carbons (Fsp3) is 0. The van der Waals surface area contributed by atoms with Gasteiger partial charge in [0.1, 0.15) is 0 Å². The van der Waals surface area contributed by atoms with E-state index >= 15 is 0 Å². The Balaban J connectivity index is 1.59. The topological polar surface area (TPSA) is 149 Å². The fourth-order valence-electron chi connectivity index (χ4n) is 4.63. The molecule has 0 bridgehead atoms. The van der Waals surface area contributed by atoms with E-state index in [1.54, 1.807) is 36.4 Å². The summed E-state index contributed by atoms with van der Waals surface area (Å²) in [5.41, 5.74) is 5.98. The predicted octanol–water partition coefficient (Wildman–Crippen LogP) is 7.15. The molecule has 0 aromatic heterocycles. The average Bonchev–Trinajstić information content (AvgIpc) is 3.00. The van der Waals surface area contributed by atoms with E-state index in [0.29, 0.717) is 11.1 Å². The number of carboxylic acid groups (broad SMARTS) is 4. The third kappa shape index (κ3) is 5.78. The third-order valence-corrected chi connectivity index (χ3v) is 6.84. The smallest absolute Gasteiger partial charge is 0.335 e. The van der Waals surface area contributed by atoms with Crippen LogP contribution in [0, 0.1) is 0 Å². The van der Waals surface area contributed by atoms with E-state index in [1.165, 1.54) is 36.4 Å². The second-order valence-electron chi connectivity index (χ2n) is 9.55. The van der Waals surface area contributed by atoms with E-state index in [1.807, 2.05) is 30.3 Å². The van der Waals surface area contributed by atoms with Gasteiger partial charge in [0.15, 0.2) is 0 Å². The van der Waals surface area contributed by atoms with Gasteiger partial charge in [-0.2, -0.15) is 0 Å². The minimum atomic E-state index is -1.23. The van der Waals surface area contributed by atoms with E-state index in [2.05, 4.69) is 0 Å². The molecule has 0 saturated heterocycles. The molecule has 0 saturated carbocycles. The van der Waals surface area contributed by atoms with Gasteiger partial charge in [-0.15, -0.1) is 0 Å². The maximum Gasteiger partial charge on any atom is 0.335 e. The van der Waals surface area contributed by atoms with Gasteiger partial charge < -0.3 is 20.4 Å². The van der Waals surface area contributed by atoms with Crippen LogP contribution >= 0.6 is 0 Å². The highest BCUT2D eigenvalue weighted by atomic mass is 16.4. The molecule has 5 aromatic rings. The van der Waals surface area contributed by atoms with Gasteiger partial charge >= 0.3 is 23.9 Å². The number of hydrogen-bond acceptors (Lipinski definition) is 4.